The molecular weight excluding hydrogens is 190 g/mol. The molecular formula is C12H21NS. The van der Waals surface area contributed by atoms with Gasteiger partial charge in [-0.1, -0.05) is 33.1 Å². The second-order valence-electron chi connectivity index (χ2n) is 3.77. The fourth-order valence-electron chi connectivity index (χ4n) is 1.71. The lowest BCUT2D eigenvalue weighted by Crippen LogP contribution is -2.10. The van der Waals surface area contributed by atoms with Crippen molar-refractivity contribution in [2.45, 2.75) is 52.0 Å². The SMILES string of the molecule is CCCCCC(N)c1sccc1CC. The molecule has 0 saturated carbocycles. The lowest BCUT2D eigenvalue weighted by Gasteiger charge is -2.11. The summed E-state index contributed by atoms with van der Waals surface area (Å²) in [6.45, 7) is 4.43. The minimum absolute atomic E-state index is 0.275. The van der Waals surface area contributed by atoms with Crippen LogP contribution in [0, 0.1) is 0 Å². The third kappa shape index (κ3) is 3.10. The van der Waals surface area contributed by atoms with Crippen molar-refractivity contribution in [2.75, 3.05) is 0 Å². The minimum Gasteiger partial charge on any atom is -0.323 e. The Kier molecular flexibility index (Phi) is 5.20. The minimum atomic E-state index is 0.275. The fourth-order valence-corrected chi connectivity index (χ4v) is 2.75. The molecule has 1 atom stereocenters. The third-order valence-corrected chi connectivity index (χ3v) is 3.71. The molecule has 0 spiro atoms. The van der Waals surface area contributed by atoms with Crippen LogP contribution in [0.4, 0.5) is 0 Å². The topological polar surface area (TPSA) is 26.0 Å². The molecule has 0 fully saturated rings. The summed E-state index contributed by atoms with van der Waals surface area (Å²) in [5.41, 5.74) is 7.61. The van der Waals surface area contributed by atoms with E-state index in [1.54, 1.807) is 0 Å². The van der Waals surface area contributed by atoms with Gasteiger partial charge in [0.05, 0.1) is 0 Å². The number of unbranched alkanes of at least 4 members (excludes halogenated alkanes) is 2. The van der Waals surface area contributed by atoms with Crippen LogP contribution in [0.15, 0.2) is 11.4 Å². The van der Waals surface area contributed by atoms with Crippen molar-refractivity contribution in [3.63, 3.8) is 0 Å². The highest BCUT2D eigenvalue weighted by atomic mass is 32.1. The van der Waals surface area contributed by atoms with E-state index in [-0.39, 0.29) is 6.04 Å². The Morgan fingerprint density at radius 1 is 1.36 bits per heavy atom. The smallest absolute Gasteiger partial charge is 0.0392 e. The van der Waals surface area contributed by atoms with E-state index in [1.807, 2.05) is 11.3 Å². The Morgan fingerprint density at radius 3 is 2.79 bits per heavy atom. The first-order chi connectivity index (χ1) is 6.79. The van der Waals surface area contributed by atoms with Gasteiger partial charge in [0.15, 0.2) is 0 Å². The third-order valence-electron chi connectivity index (χ3n) is 2.62. The van der Waals surface area contributed by atoms with E-state index >= 15 is 0 Å². The van der Waals surface area contributed by atoms with Crippen LogP contribution < -0.4 is 5.73 Å². The summed E-state index contributed by atoms with van der Waals surface area (Å²) in [4.78, 5) is 1.41. The Balaban J connectivity index is 2.47. The van der Waals surface area contributed by atoms with Crippen LogP contribution in [-0.2, 0) is 6.42 Å². The van der Waals surface area contributed by atoms with E-state index < -0.39 is 0 Å². The number of aryl methyl sites for hydroxylation is 1. The summed E-state index contributed by atoms with van der Waals surface area (Å²) in [5, 5.41) is 2.16. The van der Waals surface area contributed by atoms with Crippen LogP contribution in [0.1, 0.15) is 56.0 Å². The average molecular weight is 211 g/mol. The second-order valence-corrected chi connectivity index (χ2v) is 4.71. The van der Waals surface area contributed by atoms with Gasteiger partial charge < -0.3 is 5.73 Å². The van der Waals surface area contributed by atoms with Crippen molar-refractivity contribution in [1.29, 1.82) is 0 Å². The molecule has 1 unspecified atom stereocenters. The maximum absolute atomic E-state index is 6.17. The Hall–Kier alpha value is -0.340. The highest BCUT2D eigenvalue weighted by molar-refractivity contribution is 7.10. The molecule has 0 aliphatic rings. The molecule has 2 heteroatoms. The van der Waals surface area contributed by atoms with Gasteiger partial charge in [0.2, 0.25) is 0 Å². The summed E-state index contributed by atoms with van der Waals surface area (Å²) in [7, 11) is 0. The summed E-state index contributed by atoms with van der Waals surface area (Å²) in [5.74, 6) is 0. The molecule has 0 aliphatic heterocycles. The van der Waals surface area contributed by atoms with Gasteiger partial charge in [-0.2, -0.15) is 0 Å². The van der Waals surface area contributed by atoms with Crippen LogP contribution in [0.5, 0.6) is 0 Å². The maximum atomic E-state index is 6.17. The van der Waals surface area contributed by atoms with E-state index in [9.17, 15) is 0 Å². The van der Waals surface area contributed by atoms with Crippen molar-refractivity contribution < 1.29 is 0 Å². The zero-order chi connectivity index (χ0) is 10.4. The van der Waals surface area contributed by atoms with Gasteiger partial charge in [0, 0.05) is 10.9 Å². The molecule has 1 aromatic heterocycles. The summed E-state index contributed by atoms with van der Waals surface area (Å²) in [6, 6.07) is 2.48. The van der Waals surface area contributed by atoms with Crippen molar-refractivity contribution in [1.82, 2.24) is 0 Å². The number of hydrogen-bond donors (Lipinski definition) is 1. The largest absolute Gasteiger partial charge is 0.323 e. The molecule has 0 saturated heterocycles. The zero-order valence-corrected chi connectivity index (χ0v) is 10.1. The monoisotopic (exact) mass is 211 g/mol. The molecule has 1 nitrogen and oxygen atoms in total. The number of thiophene rings is 1. The second kappa shape index (κ2) is 6.20. The first-order valence-electron chi connectivity index (χ1n) is 5.61. The molecule has 1 heterocycles. The molecule has 0 bridgehead atoms. The lowest BCUT2D eigenvalue weighted by molar-refractivity contribution is 0.585. The van der Waals surface area contributed by atoms with Gasteiger partial charge in [0.25, 0.3) is 0 Å². The van der Waals surface area contributed by atoms with Gasteiger partial charge in [-0.25, -0.2) is 0 Å². The van der Waals surface area contributed by atoms with E-state index in [0.29, 0.717) is 0 Å². The first-order valence-corrected chi connectivity index (χ1v) is 6.49. The summed E-state index contributed by atoms with van der Waals surface area (Å²) < 4.78 is 0. The highest BCUT2D eigenvalue weighted by Crippen LogP contribution is 2.26. The predicted molar refractivity (Wildman–Crippen MR) is 64.8 cm³/mol. The zero-order valence-electron chi connectivity index (χ0n) is 9.25. The molecule has 1 rings (SSSR count). The van der Waals surface area contributed by atoms with Crippen molar-refractivity contribution in [3.05, 3.63) is 21.9 Å². The Labute approximate surface area is 91.3 Å². The first kappa shape index (κ1) is 11.7. The summed E-state index contributed by atoms with van der Waals surface area (Å²) in [6.07, 6.45) is 6.10. The molecule has 2 N–H and O–H groups in total. The Morgan fingerprint density at radius 2 is 2.14 bits per heavy atom. The maximum Gasteiger partial charge on any atom is 0.0392 e. The average Bonchev–Trinajstić information content (AvgIpc) is 2.65. The van der Waals surface area contributed by atoms with Gasteiger partial charge in [0.1, 0.15) is 0 Å². The van der Waals surface area contributed by atoms with Gasteiger partial charge in [-0.15, -0.1) is 11.3 Å². The standard InChI is InChI=1S/C12H21NS/c1-3-5-6-7-11(13)12-10(4-2)8-9-14-12/h8-9,11H,3-7,13H2,1-2H3. The predicted octanol–water partition coefficient (Wildman–Crippen LogP) is 3.89. The number of hydrogen-bond acceptors (Lipinski definition) is 2. The molecule has 0 aliphatic carbocycles. The quantitative estimate of drug-likeness (QED) is 0.710. The van der Waals surface area contributed by atoms with Crippen LogP contribution >= 0.6 is 11.3 Å². The fraction of sp³-hybridized carbons (Fsp3) is 0.667. The van der Waals surface area contributed by atoms with E-state index in [0.717, 1.165) is 12.8 Å². The van der Waals surface area contributed by atoms with Gasteiger partial charge in [-0.05, 0) is 29.9 Å². The van der Waals surface area contributed by atoms with Crippen molar-refractivity contribution in [2.24, 2.45) is 5.73 Å². The molecule has 80 valence electrons. The normalized spacial score (nSPS) is 13.1. The molecule has 0 amide bonds. The number of rotatable bonds is 6. The Bertz CT molecular complexity index is 255. The molecule has 14 heavy (non-hydrogen) atoms. The van der Waals surface area contributed by atoms with Crippen LogP contribution in [0.25, 0.3) is 0 Å². The molecule has 0 radical (unpaired) electrons. The highest BCUT2D eigenvalue weighted by Gasteiger charge is 2.10. The van der Waals surface area contributed by atoms with Crippen molar-refractivity contribution in [3.8, 4) is 0 Å². The van der Waals surface area contributed by atoms with E-state index in [2.05, 4.69) is 25.3 Å². The lowest BCUT2D eigenvalue weighted by atomic mass is 10.0. The van der Waals surface area contributed by atoms with Crippen molar-refractivity contribution >= 4 is 11.3 Å². The number of nitrogens with two attached hydrogens (primary N) is 1. The van der Waals surface area contributed by atoms with Gasteiger partial charge >= 0.3 is 0 Å². The van der Waals surface area contributed by atoms with Crippen LogP contribution in [0.3, 0.4) is 0 Å². The van der Waals surface area contributed by atoms with Crippen LogP contribution in [0.2, 0.25) is 0 Å². The van der Waals surface area contributed by atoms with Crippen LogP contribution in [-0.4, -0.2) is 0 Å². The molecule has 0 aromatic carbocycles. The molecule has 1 aromatic rings. The van der Waals surface area contributed by atoms with Gasteiger partial charge in [-0.3, -0.25) is 0 Å². The van der Waals surface area contributed by atoms with E-state index in [4.69, 9.17) is 5.73 Å². The van der Waals surface area contributed by atoms with E-state index in [1.165, 1.54) is 29.7 Å². The summed E-state index contributed by atoms with van der Waals surface area (Å²) >= 11 is 1.82.